The van der Waals surface area contributed by atoms with Crippen LogP contribution in [-0.4, -0.2) is 30.9 Å². The molecule has 0 fully saturated rings. The maximum absolute atomic E-state index is 13.8. The van der Waals surface area contributed by atoms with E-state index in [0.717, 1.165) is 25.3 Å². The number of benzene rings is 2. The van der Waals surface area contributed by atoms with Crippen molar-refractivity contribution in [2.24, 2.45) is 5.10 Å². The van der Waals surface area contributed by atoms with Gasteiger partial charge in [-0.15, -0.1) is 0 Å². The summed E-state index contributed by atoms with van der Waals surface area (Å²) in [5.74, 6) is -3.17. The van der Waals surface area contributed by atoms with Gasteiger partial charge in [0, 0.05) is 5.56 Å². The molecule has 0 radical (unpaired) electrons. The second kappa shape index (κ2) is 9.88. The number of halogens is 9. The molecule has 0 N–H and O–H groups in total. The molecule has 15 heteroatoms. The molecule has 0 spiro atoms. The Hall–Kier alpha value is -4.56. The summed E-state index contributed by atoms with van der Waals surface area (Å²) in [7, 11) is 1.07. The van der Waals surface area contributed by atoms with E-state index in [9.17, 15) is 49.1 Å². The van der Waals surface area contributed by atoms with E-state index in [1.807, 2.05) is 0 Å². The first-order valence-corrected chi connectivity index (χ1v) is 10.8. The van der Waals surface area contributed by atoms with E-state index in [1.54, 1.807) is 0 Å². The Bertz CT molecular complexity index is 1510. The van der Waals surface area contributed by atoms with Gasteiger partial charge in [-0.1, -0.05) is 6.07 Å². The maximum atomic E-state index is 13.8. The summed E-state index contributed by atoms with van der Waals surface area (Å²) >= 11 is 0. The molecule has 0 bridgehead atoms. The van der Waals surface area contributed by atoms with Crippen molar-refractivity contribution in [3.8, 4) is 11.3 Å². The number of hydrazone groups is 1. The lowest BCUT2D eigenvalue weighted by Crippen LogP contribution is -2.25. The average Bonchev–Trinajstić information content (AvgIpc) is 3.47. The monoisotopic (exact) mass is 576 g/mol. The van der Waals surface area contributed by atoms with Gasteiger partial charge in [-0.2, -0.15) is 49.6 Å². The zero-order valence-corrected chi connectivity index (χ0v) is 19.7. The number of rotatable bonds is 4. The fraction of sp³-hybridized carbons (Fsp3) is 0.160. The van der Waals surface area contributed by atoms with Crippen LogP contribution in [0, 0.1) is 0 Å². The van der Waals surface area contributed by atoms with Gasteiger partial charge in [-0.05, 0) is 54.6 Å². The SMILES string of the molecule is COC(=O)c1cccc(N2N=C(C(F)(F)F)/C(=C/c3ccc(-c4cc(C(F)(F)F)cc(C(F)(F)F)c4)o3)C2=O)c1. The zero-order chi connectivity index (χ0) is 29.6. The van der Waals surface area contributed by atoms with Crippen molar-refractivity contribution in [3.63, 3.8) is 0 Å². The van der Waals surface area contributed by atoms with Crippen molar-refractivity contribution in [1.82, 2.24) is 0 Å². The van der Waals surface area contributed by atoms with E-state index < -0.39 is 69.9 Å². The van der Waals surface area contributed by atoms with Crippen molar-refractivity contribution in [3.05, 3.63) is 82.6 Å². The molecule has 0 atom stereocenters. The zero-order valence-electron chi connectivity index (χ0n) is 19.7. The maximum Gasteiger partial charge on any atom is 0.435 e. The minimum atomic E-state index is -5.16. The van der Waals surface area contributed by atoms with Crippen LogP contribution >= 0.6 is 0 Å². The third-order valence-corrected chi connectivity index (χ3v) is 5.44. The molecule has 0 aliphatic carbocycles. The lowest BCUT2D eigenvalue weighted by atomic mass is 10.0. The van der Waals surface area contributed by atoms with E-state index >= 15 is 0 Å². The predicted octanol–water partition coefficient (Wildman–Crippen LogP) is 7.12. The smallest absolute Gasteiger partial charge is 0.435 e. The summed E-state index contributed by atoms with van der Waals surface area (Å²) in [6, 6.07) is 7.35. The van der Waals surface area contributed by atoms with E-state index in [0.29, 0.717) is 23.2 Å². The Kier molecular flexibility index (Phi) is 7.03. The van der Waals surface area contributed by atoms with Crippen molar-refractivity contribution in [2.75, 3.05) is 12.1 Å². The topological polar surface area (TPSA) is 72.1 Å². The number of carbonyl (C=O) groups excluding carboxylic acids is 2. The number of hydrogen-bond acceptors (Lipinski definition) is 5. The van der Waals surface area contributed by atoms with Crippen LogP contribution in [0.25, 0.3) is 17.4 Å². The molecule has 0 saturated heterocycles. The normalized spacial score (nSPS) is 15.6. The van der Waals surface area contributed by atoms with Gasteiger partial charge < -0.3 is 9.15 Å². The van der Waals surface area contributed by atoms with Crippen LogP contribution in [0.5, 0.6) is 0 Å². The first kappa shape index (κ1) is 28.4. The molecule has 1 aliphatic rings. The van der Waals surface area contributed by atoms with Crippen LogP contribution < -0.4 is 5.01 Å². The summed E-state index contributed by atoms with van der Waals surface area (Å²) in [6.07, 6.45) is -14.8. The second-order valence-electron chi connectivity index (χ2n) is 8.16. The largest absolute Gasteiger partial charge is 0.465 e. The summed E-state index contributed by atoms with van der Waals surface area (Å²) in [6.45, 7) is 0. The summed E-state index contributed by atoms with van der Waals surface area (Å²) in [5.41, 5.74) is -6.91. The molecular formula is C25H13F9N2O4. The number of alkyl halides is 9. The number of esters is 1. The standard InChI is InChI=1S/C25H13F9N2O4/c1-39-22(38)12-3-2-4-16(9-12)36-21(37)18(20(35-36)25(32,33)34)11-17-5-6-19(40-17)13-7-14(23(26,27)28)10-15(8-13)24(29,30)31/h2-11H,1H3/b18-11-. The fourth-order valence-corrected chi connectivity index (χ4v) is 3.64. The molecule has 6 nitrogen and oxygen atoms in total. The van der Waals surface area contributed by atoms with Gasteiger partial charge in [0.05, 0.1) is 35.1 Å². The minimum Gasteiger partial charge on any atom is -0.465 e. The number of anilines is 1. The molecule has 210 valence electrons. The average molecular weight is 576 g/mol. The Morgan fingerprint density at radius 1 is 0.875 bits per heavy atom. The molecule has 2 heterocycles. The van der Waals surface area contributed by atoms with E-state index in [1.165, 1.54) is 18.2 Å². The van der Waals surface area contributed by atoms with Crippen molar-refractivity contribution < 1.29 is 58.3 Å². The molecular weight excluding hydrogens is 563 g/mol. The van der Waals surface area contributed by atoms with Crippen LogP contribution in [0.2, 0.25) is 0 Å². The number of ether oxygens (including phenoxy) is 1. The first-order valence-electron chi connectivity index (χ1n) is 10.8. The van der Waals surface area contributed by atoms with Crippen molar-refractivity contribution in [1.29, 1.82) is 0 Å². The quantitative estimate of drug-likeness (QED) is 0.188. The molecule has 0 unspecified atom stereocenters. The van der Waals surface area contributed by atoms with Crippen molar-refractivity contribution in [2.45, 2.75) is 18.5 Å². The second-order valence-corrected chi connectivity index (χ2v) is 8.16. The van der Waals surface area contributed by atoms with Crippen LogP contribution in [0.15, 0.2) is 69.7 Å². The highest BCUT2D eigenvalue weighted by atomic mass is 19.4. The number of carbonyl (C=O) groups is 2. The Morgan fingerprint density at radius 3 is 2.05 bits per heavy atom. The van der Waals surface area contributed by atoms with Gasteiger partial charge in [0.1, 0.15) is 11.5 Å². The van der Waals surface area contributed by atoms with Crippen LogP contribution in [0.3, 0.4) is 0 Å². The predicted molar refractivity (Wildman–Crippen MR) is 121 cm³/mol. The molecule has 4 rings (SSSR count). The number of nitrogens with zero attached hydrogens (tertiary/aromatic N) is 2. The number of hydrogen-bond donors (Lipinski definition) is 0. The lowest BCUT2D eigenvalue weighted by Gasteiger charge is -2.13. The van der Waals surface area contributed by atoms with Gasteiger partial charge in [0.2, 0.25) is 0 Å². The van der Waals surface area contributed by atoms with Gasteiger partial charge in [-0.3, -0.25) is 4.79 Å². The molecule has 1 aliphatic heterocycles. The Balaban J connectivity index is 1.75. The Morgan fingerprint density at radius 2 is 1.50 bits per heavy atom. The van der Waals surface area contributed by atoms with Gasteiger partial charge in [-0.25, -0.2) is 4.79 Å². The Labute approximate surface area is 217 Å². The molecule has 1 amide bonds. The first-order chi connectivity index (χ1) is 18.5. The molecule has 1 aromatic heterocycles. The van der Waals surface area contributed by atoms with E-state index in [-0.39, 0.29) is 17.3 Å². The highest BCUT2D eigenvalue weighted by Gasteiger charge is 2.47. The third-order valence-electron chi connectivity index (χ3n) is 5.44. The lowest BCUT2D eigenvalue weighted by molar-refractivity contribution is -0.143. The molecule has 40 heavy (non-hydrogen) atoms. The molecule has 2 aromatic carbocycles. The van der Waals surface area contributed by atoms with Gasteiger partial charge in [0.25, 0.3) is 5.91 Å². The van der Waals surface area contributed by atoms with Crippen molar-refractivity contribution >= 4 is 29.4 Å². The number of furan rings is 1. The highest BCUT2D eigenvalue weighted by Crippen LogP contribution is 2.39. The van der Waals surface area contributed by atoms with E-state index in [2.05, 4.69) is 9.84 Å². The van der Waals surface area contributed by atoms with Crippen LogP contribution in [0.1, 0.15) is 27.2 Å². The fourth-order valence-electron chi connectivity index (χ4n) is 3.64. The van der Waals surface area contributed by atoms with Gasteiger partial charge in [0.15, 0.2) is 5.71 Å². The minimum absolute atomic E-state index is 0.0935. The van der Waals surface area contributed by atoms with Crippen LogP contribution in [0.4, 0.5) is 45.2 Å². The third kappa shape index (κ3) is 5.72. The number of methoxy groups -OCH3 is 1. The highest BCUT2D eigenvalue weighted by molar-refractivity contribution is 6.34. The summed E-state index contributed by atoms with van der Waals surface area (Å²) < 4.78 is 130. The summed E-state index contributed by atoms with van der Waals surface area (Å²) in [5, 5.41) is 3.69. The molecule has 0 saturated carbocycles. The number of amides is 1. The van der Waals surface area contributed by atoms with Gasteiger partial charge >= 0.3 is 24.5 Å². The van der Waals surface area contributed by atoms with Crippen LogP contribution in [-0.2, 0) is 21.9 Å². The summed E-state index contributed by atoms with van der Waals surface area (Å²) in [4.78, 5) is 24.7. The molecule has 3 aromatic rings. The van der Waals surface area contributed by atoms with E-state index in [4.69, 9.17) is 4.42 Å².